The van der Waals surface area contributed by atoms with Crippen molar-refractivity contribution in [3.63, 3.8) is 0 Å². The molecule has 4 nitrogen and oxygen atoms in total. The largest absolute Gasteiger partial charge is 0.508 e. The summed E-state index contributed by atoms with van der Waals surface area (Å²) in [4.78, 5) is 11.0. The Labute approximate surface area is 98.6 Å². The van der Waals surface area contributed by atoms with E-state index in [0.29, 0.717) is 0 Å². The molecule has 0 aliphatic rings. The molecule has 1 atom stereocenters. The zero-order valence-electron chi connectivity index (χ0n) is 8.64. The number of hydrogen-bond donors (Lipinski definition) is 2. The molecule has 16 heavy (non-hydrogen) atoms. The van der Waals surface area contributed by atoms with Crippen LogP contribution in [0.4, 0.5) is 4.39 Å². The third-order valence-electron chi connectivity index (χ3n) is 1.98. The minimum absolute atomic E-state index is 0. The van der Waals surface area contributed by atoms with Crippen LogP contribution < -0.4 is 5.73 Å². The predicted octanol–water partition coefficient (Wildman–Crippen LogP) is 0.996. The molecule has 0 fully saturated rings. The first-order valence-electron chi connectivity index (χ1n) is 4.35. The normalized spacial score (nSPS) is 11.4. The molecule has 6 heteroatoms. The van der Waals surface area contributed by atoms with Gasteiger partial charge in [-0.3, -0.25) is 4.79 Å². The number of halogens is 2. The lowest BCUT2D eigenvalue weighted by Crippen LogP contribution is -2.33. The Hall–Kier alpha value is -1.33. The van der Waals surface area contributed by atoms with Gasteiger partial charge in [0.25, 0.3) is 0 Å². The van der Waals surface area contributed by atoms with Gasteiger partial charge in [0.05, 0.1) is 7.11 Å². The van der Waals surface area contributed by atoms with E-state index in [1.54, 1.807) is 0 Å². The first kappa shape index (κ1) is 14.7. The van der Waals surface area contributed by atoms with Crippen LogP contribution in [0.15, 0.2) is 18.2 Å². The molecule has 0 spiro atoms. The number of ether oxygens (including phenoxy) is 1. The van der Waals surface area contributed by atoms with Crippen LogP contribution in [0.2, 0.25) is 0 Å². The fourth-order valence-corrected chi connectivity index (χ4v) is 1.17. The zero-order chi connectivity index (χ0) is 11.4. The fourth-order valence-electron chi connectivity index (χ4n) is 1.17. The van der Waals surface area contributed by atoms with Gasteiger partial charge in [-0.2, -0.15) is 0 Å². The number of carbonyl (C=O) groups is 1. The molecule has 0 aliphatic carbocycles. The maximum absolute atomic E-state index is 13.2. The lowest BCUT2D eigenvalue weighted by molar-refractivity contribution is -0.142. The number of hydrogen-bond acceptors (Lipinski definition) is 4. The Morgan fingerprint density at radius 1 is 1.62 bits per heavy atom. The molecule has 0 heterocycles. The van der Waals surface area contributed by atoms with Gasteiger partial charge >= 0.3 is 5.97 Å². The van der Waals surface area contributed by atoms with Crippen LogP contribution >= 0.6 is 12.4 Å². The van der Waals surface area contributed by atoms with Gasteiger partial charge in [0.1, 0.15) is 17.6 Å². The Morgan fingerprint density at radius 3 is 2.75 bits per heavy atom. The summed E-state index contributed by atoms with van der Waals surface area (Å²) >= 11 is 0. The van der Waals surface area contributed by atoms with Gasteiger partial charge < -0.3 is 15.6 Å². The molecule has 0 amide bonds. The lowest BCUT2D eigenvalue weighted by Gasteiger charge is -2.09. The van der Waals surface area contributed by atoms with Gasteiger partial charge in [-0.15, -0.1) is 12.4 Å². The summed E-state index contributed by atoms with van der Waals surface area (Å²) in [6, 6.07) is 2.80. The van der Waals surface area contributed by atoms with Crippen LogP contribution in [-0.4, -0.2) is 24.2 Å². The Balaban J connectivity index is 0.00000225. The topological polar surface area (TPSA) is 72.5 Å². The third kappa shape index (κ3) is 3.67. The second kappa shape index (κ2) is 6.30. The van der Waals surface area contributed by atoms with Gasteiger partial charge in [-0.25, -0.2) is 4.39 Å². The molecule has 1 unspecified atom stereocenters. The number of phenols is 1. The Bertz CT molecular complexity index is 373. The van der Waals surface area contributed by atoms with Crippen molar-refractivity contribution in [3.05, 3.63) is 29.6 Å². The second-order valence-corrected chi connectivity index (χ2v) is 3.11. The number of methoxy groups -OCH3 is 1. The van der Waals surface area contributed by atoms with E-state index in [0.717, 1.165) is 6.07 Å². The van der Waals surface area contributed by atoms with Crippen LogP contribution in [-0.2, 0) is 16.0 Å². The highest BCUT2D eigenvalue weighted by atomic mass is 35.5. The van der Waals surface area contributed by atoms with E-state index in [2.05, 4.69) is 4.74 Å². The quantitative estimate of drug-likeness (QED) is 0.784. The zero-order valence-corrected chi connectivity index (χ0v) is 9.46. The maximum atomic E-state index is 13.2. The molecule has 3 N–H and O–H groups in total. The summed E-state index contributed by atoms with van der Waals surface area (Å²) in [5.74, 6) is -1.35. The van der Waals surface area contributed by atoms with Gasteiger partial charge in [-0.05, 0) is 11.6 Å². The van der Waals surface area contributed by atoms with Crippen molar-refractivity contribution in [1.29, 1.82) is 0 Å². The molecule has 0 aliphatic heterocycles. The van der Waals surface area contributed by atoms with E-state index in [1.807, 2.05) is 0 Å². The molecule has 0 aromatic heterocycles. The van der Waals surface area contributed by atoms with Crippen molar-refractivity contribution in [2.24, 2.45) is 5.73 Å². The molecule has 0 saturated heterocycles. The van der Waals surface area contributed by atoms with Gasteiger partial charge in [-0.1, -0.05) is 6.07 Å². The van der Waals surface area contributed by atoms with Crippen LogP contribution in [0.25, 0.3) is 0 Å². The number of aromatic hydroxyl groups is 1. The Kier molecular flexibility index (Phi) is 5.77. The van der Waals surface area contributed by atoms with Crippen molar-refractivity contribution in [2.75, 3.05) is 7.11 Å². The number of benzene rings is 1. The number of carbonyl (C=O) groups excluding carboxylic acids is 1. The van der Waals surface area contributed by atoms with E-state index in [4.69, 9.17) is 10.8 Å². The van der Waals surface area contributed by atoms with Crippen molar-refractivity contribution >= 4 is 18.4 Å². The highest BCUT2D eigenvalue weighted by molar-refractivity contribution is 5.85. The summed E-state index contributed by atoms with van der Waals surface area (Å²) in [6.07, 6.45) is 0.0405. The monoisotopic (exact) mass is 249 g/mol. The van der Waals surface area contributed by atoms with Gasteiger partial charge in [0, 0.05) is 12.5 Å². The molecular weight excluding hydrogens is 237 g/mol. The summed E-state index contributed by atoms with van der Waals surface area (Å²) in [5, 5.41) is 8.96. The number of rotatable bonds is 3. The van der Waals surface area contributed by atoms with E-state index < -0.39 is 17.8 Å². The molecule has 1 aromatic carbocycles. The maximum Gasteiger partial charge on any atom is 0.322 e. The summed E-state index contributed by atoms with van der Waals surface area (Å²) in [6.45, 7) is 0. The SMILES string of the molecule is COC(=O)C(N)Cc1ccc(O)cc1F.Cl. The summed E-state index contributed by atoms with van der Waals surface area (Å²) in [5.41, 5.74) is 5.73. The van der Waals surface area contributed by atoms with Crippen LogP contribution in [0, 0.1) is 5.82 Å². The van der Waals surface area contributed by atoms with Crippen molar-refractivity contribution in [3.8, 4) is 5.75 Å². The molecule has 0 radical (unpaired) electrons. The first-order chi connectivity index (χ1) is 7.04. The van der Waals surface area contributed by atoms with Gasteiger partial charge in [0.15, 0.2) is 0 Å². The molecule has 0 bridgehead atoms. The highest BCUT2D eigenvalue weighted by Crippen LogP contribution is 2.16. The first-order valence-corrected chi connectivity index (χ1v) is 4.35. The smallest absolute Gasteiger partial charge is 0.322 e. The van der Waals surface area contributed by atoms with Gasteiger partial charge in [0.2, 0.25) is 0 Å². The van der Waals surface area contributed by atoms with Crippen molar-refractivity contribution < 1.29 is 19.0 Å². The predicted molar refractivity (Wildman–Crippen MR) is 59.0 cm³/mol. The van der Waals surface area contributed by atoms with E-state index in [1.165, 1.54) is 19.2 Å². The van der Waals surface area contributed by atoms with Crippen molar-refractivity contribution in [1.82, 2.24) is 0 Å². The van der Waals surface area contributed by atoms with Crippen molar-refractivity contribution in [2.45, 2.75) is 12.5 Å². The summed E-state index contributed by atoms with van der Waals surface area (Å²) < 4.78 is 17.6. The summed E-state index contributed by atoms with van der Waals surface area (Å²) in [7, 11) is 1.22. The molecule has 90 valence electrons. The van der Waals surface area contributed by atoms with E-state index >= 15 is 0 Å². The Morgan fingerprint density at radius 2 is 2.25 bits per heavy atom. The number of phenolic OH excluding ortho intramolecular Hbond substituents is 1. The molecule has 0 saturated carbocycles. The van der Waals surface area contributed by atoms with Crippen LogP contribution in [0.5, 0.6) is 5.75 Å². The van der Waals surface area contributed by atoms with E-state index in [9.17, 15) is 9.18 Å². The second-order valence-electron chi connectivity index (χ2n) is 3.11. The minimum Gasteiger partial charge on any atom is -0.508 e. The molecule has 1 rings (SSSR count). The standard InChI is InChI=1S/C10H12FNO3.ClH/c1-15-10(14)9(12)4-6-2-3-7(13)5-8(6)11;/h2-3,5,9,13H,4,12H2,1H3;1H. The molecule has 1 aromatic rings. The number of esters is 1. The third-order valence-corrected chi connectivity index (χ3v) is 1.98. The van der Waals surface area contributed by atoms with Crippen LogP contribution in [0.1, 0.15) is 5.56 Å². The fraction of sp³-hybridized carbons (Fsp3) is 0.300. The average Bonchev–Trinajstić information content (AvgIpc) is 2.20. The lowest BCUT2D eigenvalue weighted by atomic mass is 10.1. The van der Waals surface area contributed by atoms with E-state index in [-0.39, 0.29) is 30.1 Å². The minimum atomic E-state index is -0.894. The van der Waals surface area contributed by atoms with Crippen LogP contribution in [0.3, 0.4) is 0 Å². The molecular formula is C10H13ClFNO3. The average molecular weight is 250 g/mol. The highest BCUT2D eigenvalue weighted by Gasteiger charge is 2.16. The number of nitrogens with two attached hydrogens (primary N) is 1.